The minimum absolute atomic E-state index is 0.112. The summed E-state index contributed by atoms with van der Waals surface area (Å²) in [6.07, 6.45) is -7.34. The van der Waals surface area contributed by atoms with Crippen LogP contribution in [0, 0.1) is 11.8 Å². The number of amides is 1. The van der Waals surface area contributed by atoms with E-state index >= 15 is 0 Å². The number of carbonyl (C=O) groups is 1. The Kier molecular flexibility index (Phi) is 9.75. The molecule has 1 heterocycles. The SMILES string of the molecule is CC(NC(=O)c1ccc(C#Cc2cccc(Cl)c2)cn1)C(F)(F)F.CNC(C)(C)C(F)(F)F. The molecule has 1 unspecified atom stereocenters. The number of hydrogen-bond donors (Lipinski definition) is 2. The number of alkyl halides is 6. The molecule has 0 bridgehead atoms. The molecule has 1 atom stereocenters. The summed E-state index contributed by atoms with van der Waals surface area (Å²) in [7, 11) is 1.29. The fraction of sp³-hybridized carbons (Fsp3) is 0.364. The topological polar surface area (TPSA) is 54.0 Å². The van der Waals surface area contributed by atoms with E-state index in [4.69, 9.17) is 11.6 Å². The maximum Gasteiger partial charge on any atom is 0.408 e. The maximum atomic E-state index is 12.4. The van der Waals surface area contributed by atoms with Gasteiger partial charge in [-0.05, 0) is 58.2 Å². The highest BCUT2D eigenvalue weighted by Crippen LogP contribution is 2.28. The van der Waals surface area contributed by atoms with Crippen LogP contribution >= 0.6 is 11.6 Å². The smallest absolute Gasteiger partial charge is 0.339 e. The minimum Gasteiger partial charge on any atom is -0.339 e. The van der Waals surface area contributed by atoms with Gasteiger partial charge in [-0.1, -0.05) is 29.5 Å². The number of aromatic nitrogens is 1. The van der Waals surface area contributed by atoms with Gasteiger partial charge >= 0.3 is 12.4 Å². The van der Waals surface area contributed by atoms with Crippen molar-refractivity contribution in [3.8, 4) is 11.8 Å². The average molecular weight is 494 g/mol. The van der Waals surface area contributed by atoms with E-state index in [0.717, 1.165) is 20.8 Å². The second-order valence-electron chi connectivity index (χ2n) is 7.30. The molecule has 0 aliphatic heterocycles. The van der Waals surface area contributed by atoms with Gasteiger partial charge in [-0.25, -0.2) is 4.98 Å². The van der Waals surface area contributed by atoms with E-state index in [1.807, 2.05) is 5.32 Å². The predicted molar refractivity (Wildman–Crippen MR) is 114 cm³/mol. The van der Waals surface area contributed by atoms with Crippen molar-refractivity contribution in [2.24, 2.45) is 0 Å². The van der Waals surface area contributed by atoms with Gasteiger partial charge in [0.05, 0.1) is 0 Å². The van der Waals surface area contributed by atoms with E-state index in [9.17, 15) is 31.1 Å². The summed E-state index contributed by atoms with van der Waals surface area (Å²) >= 11 is 5.85. The Balaban J connectivity index is 0.000000513. The first kappa shape index (κ1) is 28.3. The molecule has 0 saturated heterocycles. The number of nitrogens with one attached hydrogen (secondary N) is 2. The molecule has 0 spiro atoms. The van der Waals surface area contributed by atoms with Crippen molar-refractivity contribution < 1.29 is 31.1 Å². The van der Waals surface area contributed by atoms with Gasteiger partial charge in [0.2, 0.25) is 0 Å². The van der Waals surface area contributed by atoms with Gasteiger partial charge in [0.25, 0.3) is 5.91 Å². The summed E-state index contributed by atoms with van der Waals surface area (Å²) in [6, 6.07) is 7.85. The van der Waals surface area contributed by atoms with Crippen LogP contribution in [0.3, 0.4) is 0 Å². The van der Waals surface area contributed by atoms with E-state index in [-0.39, 0.29) is 5.69 Å². The van der Waals surface area contributed by atoms with Crippen LogP contribution in [-0.2, 0) is 0 Å². The number of benzene rings is 1. The first-order valence-corrected chi connectivity index (χ1v) is 9.81. The van der Waals surface area contributed by atoms with Crippen molar-refractivity contribution in [3.05, 3.63) is 64.4 Å². The third kappa shape index (κ3) is 9.32. The molecule has 4 nitrogen and oxygen atoms in total. The fourth-order valence-electron chi connectivity index (χ4n) is 1.81. The first-order chi connectivity index (χ1) is 15.1. The summed E-state index contributed by atoms with van der Waals surface area (Å²) < 4.78 is 72.6. The van der Waals surface area contributed by atoms with Gasteiger partial charge in [0, 0.05) is 22.3 Å². The van der Waals surface area contributed by atoms with E-state index in [1.165, 1.54) is 25.4 Å². The van der Waals surface area contributed by atoms with E-state index in [0.29, 0.717) is 16.1 Å². The predicted octanol–water partition coefficient (Wildman–Crippen LogP) is 5.36. The molecule has 2 rings (SSSR count). The Labute approximate surface area is 192 Å². The van der Waals surface area contributed by atoms with Crippen molar-refractivity contribution in [1.82, 2.24) is 15.6 Å². The molecule has 0 aliphatic carbocycles. The van der Waals surface area contributed by atoms with Crippen molar-refractivity contribution in [3.63, 3.8) is 0 Å². The molecule has 0 radical (unpaired) electrons. The molecule has 180 valence electrons. The van der Waals surface area contributed by atoms with Crippen molar-refractivity contribution in [1.29, 1.82) is 0 Å². The van der Waals surface area contributed by atoms with Crippen LogP contribution in [0.5, 0.6) is 0 Å². The number of pyridine rings is 1. The lowest BCUT2D eigenvalue weighted by Crippen LogP contribution is -2.49. The van der Waals surface area contributed by atoms with Crippen LogP contribution in [0.2, 0.25) is 5.02 Å². The van der Waals surface area contributed by atoms with Crippen LogP contribution in [0.25, 0.3) is 0 Å². The fourth-order valence-corrected chi connectivity index (χ4v) is 2.00. The van der Waals surface area contributed by atoms with Gasteiger partial charge in [0.15, 0.2) is 0 Å². The van der Waals surface area contributed by atoms with E-state index in [1.54, 1.807) is 24.3 Å². The second kappa shape index (κ2) is 11.4. The number of rotatable bonds is 3. The number of halogens is 7. The molecule has 2 N–H and O–H groups in total. The van der Waals surface area contributed by atoms with Crippen molar-refractivity contribution >= 4 is 17.5 Å². The highest BCUT2D eigenvalue weighted by molar-refractivity contribution is 6.30. The quantitative estimate of drug-likeness (QED) is 0.447. The number of hydrogen-bond acceptors (Lipinski definition) is 3. The Morgan fingerprint density at radius 3 is 2.06 bits per heavy atom. The lowest BCUT2D eigenvalue weighted by Gasteiger charge is -2.26. The molecule has 0 aliphatic rings. The molecule has 0 saturated carbocycles. The van der Waals surface area contributed by atoms with E-state index in [2.05, 4.69) is 22.1 Å². The summed E-state index contributed by atoms with van der Waals surface area (Å²) in [5, 5.41) is 4.56. The van der Waals surface area contributed by atoms with Gasteiger partial charge in [0.1, 0.15) is 17.3 Å². The third-order valence-corrected chi connectivity index (χ3v) is 4.58. The molecule has 1 aromatic carbocycles. The molecule has 2 aromatic rings. The van der Waals surface area contributed by atoms with Gasteiger partial charge in [-0.15, -0.1) is 0 Å². The van der Waals surface area contributed by atoms with Crippen LogP contribution in [0.4, 0.5) is 26.3 Å². The minimum atomic E-state index is -4.50. The number of nitrogens with zero attached hydrogens (tertiary/aromatic N) is 1. The third-order valence-electron chi connectivity index (χ3n) is 4.34. The zero-order valence-electron chi connectivity index (χ0n) is 18.1. The summed E-state index contributed by atoms with van der Waals surface area (Å²) in [5.74, 6) is 4.82. The Morgan fingerprint density at radius 1 is 1.03 bits per heavy atom. The Morgan fingerprint density at radius 2 is 1.64 bits per heavy atom. The Hall–Kier alpha value is -2.77. The molecule has 0 fully saturated rings. The van der Waals surface area contributed by atoms with Crippen LogP contribution < -0.4 is 10.6 Å². The zero-order chi connectivity index (χ0) is 25.4. The van der Waals surface area contributed by atoms with Gasteiger partial charge in [-0.2, -0.15) is 26.3 Å². The van der Waals surface area contributed by atoms with Crippen LogP contribution in [-0.4, -0.2) is 41.9 Å². The highest BCUT2D eigenvalue weighted by Gasteiger charge is 2.45. The van der Waals surface area contributed by atoms with E-state index < -0.39 is 29.8 Å². The zero-order valence-corrected chi connectivity index (χ0v) is 18.9. The second-order valence-corrected chi connectivity index (χ2v) is 7.74. The number of carbonyl (C=O) groups excluding carboxylic acids is 1. The molecule has 11 heteroatoms. The molecular formula is C22H22ClF6N3O. The van der Waals surface area contributed by atoms with Crippen LogP contribution in [0.1, 0.15) is 42.4 Å². The maximum absolute atomic E-state index is 12.4. The van der Waals surface area contributed by atoms with Crippen molar-refractivity contribution in [2.45, 2.75) is 44.7 Å². The summed E-state index contributed by atoms with van der Waals surface area (Å²) in [4.78, 5) is 15.5. The van der Waals surface area contributed by atoms with Gasteiger partial charge in [-0.3, -0.25) is 4.79 Å². The standard InChI is InChI=1S/C17H12ClF3N2O.C5H10F3N/c1-11(17(19,20)21)23-16(24)15-8-7-13(10-22-15)6-5-12-3-2-4-14(18)9-12;1-4(2,9-3)5(6,7)8/h2-4,7-11H,1H3,(H,23,24);9H,1-3H3. The molecule has 1 amide bonds. The van der Waals surface area contributed by atoms with Gasteiger partial charge < -0.3 is 10.6 Å². The summed E-state index contributed by atoms with van der Waals surface area (Å²) in [5.41, 5.74) is -0.648. The highest BCUT2D eigenvalue weighted by atomic mass is 35.5. The molecule has 1 aromatic heterocycles. The van der Waals surface area contributed by atoms with Crippen molar-refractivity contribution in [2.75, 3.05) is 7.05 Å². The largest absolute Gasteiger partial charge is 0.408 e. The average Bonchev–Trinajstić information content (AvgIpc) is 2.71. The monoisotopic (exact) mass is 493 g/mol. The molecule has 33 heavy (non-hydrogen) atoms. The summed E-state index contributed by atoms with van der Waals surface area (Å²) in [6.45, 7) is 3.04. The van der Waals surface area contributed by atoms with Crippen LogP contribution in [0.15, 0.2) is 42.6 Å². The molecular weight excluding hydrogens is 472 g/mol. The lowest BCUT2D eigenvalue weighted by molar-refractivity contribution is -0.184. The lowest BCUT2D eigenvalue weighted by atomic mass is 10.1. The first-order valence-electron chi connectivity index (χ1n) is 9.43. The Bertz CT molecular complexity index is 992. The normalized spacial score (nSPS) is 12.6.